The summed E-state index contributed by atoms with van der Waals surface area (Å²) in [4.78, 5) is 8.36. The van der Waals surface area contributed by atoms with Gasteiger partial charge in [-0.25, -0.2) is 4.98 Å². The molecule has 1 aromatic heterocycles. The lowest BCUT2D eigenvalue weighted by molar-refractivity contribution is 0.00578. The number of imidazole rings is 1. The van der Waals surface area contributed by atoms with E-state index in [1.165, 1.54) is 19.3 Å². The second-order valence-corrected chi connectivity index (χ2v) is 8.60. The first-order chi connectivity index (χ1) is 11.2. The summed E-state index contributed by atoms with van der Waals surface area (Å²) in [6.07, 6.45) is 3.79. The molecule has 0 unspecified atom stereocenters. The Bertz CT molecular complexity index is 752. The molecule has 2 aliphatic rings. The molecule has 2 atom stereocenters. The average molecular weight is 326 g/mol. The summed E-state index contributed by atoms with van der Waals surface area (Å²) in [5.41, 5.74) is 2.54. The minimum absolute atomic E-state index is 0.314. The van der Waals surface area contributed by atoms with Gasteiger partial charge in [-0.3, -0.25) is 0 Å². The smallest absolute Gasteiger partial charge is 0.399 e. The van der Waals surface area contributed by atoms with E-state index in [9.17, 15) is 0 Å². The minimum Gasteiger partial charge on any atom is -0.399 e. The molecule has 1 N–H and O–H groups in total. The highest BCUT2D eigenvalue weighted by Gasteiger charge is 2.51. The fourth-order valence-electron chi connectivity index (χ4n) is 3.82. The molecule has 2 heterocycles. The highest BCUT2D eigenvalue weighted by atomic mass is 16.7. The maximum Gasteiger partial charge on any atom is 0.494 e. The Morgan fingerprint density at radius 3 is 2.46 bits per heavy atom. The van der Waals surface area contributed by atoms with Gasteiger partial charge in [0.1, 0.15) is 5.82 Å². The molecule has 24 heavy (non-hydrogen) atoms. The number of nitrogens with one attached hydrogen (secondary N) is 1. The molecule has 4 nitrogen and oxygen atoms in total. The van der Waals surface area contributed by atoms with Crippen LogP contribution in [-0.2, 0) is 9.31 Å². The van der Waals surface area contributed by atoms with Gasteiger partial charge in [-0.15, -0.1) is 0 Å². The Balaban J connectivity index is 1.62. The predicted octanol–water partition coefficient (Wildman–Crippen LogP) is 3.77. The molecule has 0 amide bonds. The zero-order valence-electron chi connectivity index (χ0n) is 15.3. The Morgan fingerprint density at radius 2 is 1.83 bits per heavy atom. The van der Waals surface area contributed by atoms with Crippen LogP contribution in [0.15, 0.2) is 18.2 Å². The van der Waals surface area contributed by atoms with E-state index in [0.717, 1.165) is 28.2 Å². The third-order valence-corrected chi connectivity index (χ3v) is 6.13. The lowest BCUT2D eigenvalue weighted by Gasteiger charge is -2.32. The predicted molar refractivity (Wildman–Crippen MR) is 97.6 cm³/mol. The topological polar surface area (TPSA) is 47.1 Å². The SMILES string of the molecule is C[C@@H]1CC[C@H](c2nc3ccc(B4OC(C)(C)C(C)(C)O4)cc3[nH]2)C1. The molecule has 0 spiro atoms. The van der Waals surface area contributed by atoms with Crippen LogP contribution in [0, 0.1) is 5.92 Å². The molecule has 2 aromatic rings. The third kappa shape index (κ3) is 2.58. The maximum absolute atomic E-state index is 6.16. The summed E-state index contributed by atoms with van der Waals surface area (Å²) >= 11 is 0. The van der Waals surface area contributed by atoms with Crippen molar-refractivity contribution in [1.29, 1.82) is 0 Å². The largest absolute Gasteiger partial charge is 0.494 e. The number of H-pyrrole nitrogens is 1. The van der Waals surface area contributed by atoms with Gasteiger partial charge in [0.25, 0.3) is 0 Å². The molecule has 1 aromatic carbocycles. The number of rotatable bonds is 2. The fraction of sp³-hybridized carbons (Fsp3) is 0.632. The van der Waals surface area contributed by atoms with E-state index in [4.69, 9.17) is 14.3 Å². The van der Waals surface area contributed by atoms with Crippen molar-refractivity contribution < 1.29 is 9.31 Å². The summed E-state index contributed by atoms with van der Waals surface area (Å²) in [5.74, 6) is 2.52. The van der Waals surface area contributed by atoms with E-state index >= 15 is 0 Å². The number of benzene rings is 1. The van der Waals surface area contributed by atoms with Crippen LogP contribution in [0.5, 0.6) is 0 Å². The van der Waals surface area contributed by atoms with E-state index in [-0.39, 0.29) is 18.3 Å². The van der Waals surface area contributed by atoms with Crippen molar-refractivity contribution in [2.75, 3.05) is 0 Å². The monoisotopic (exact) mass is 326 g/mol. The molecule has 0 bridgehead atoms. The number of aromatic nitrogens is 2. The molecule has 1 aliphatic carbocycles. The van der Waals surface area contributed by atoms with Gasteiger partial charge in [-0.2, -0.15) is 0 Å². The fourth-order valence-corrected chi connectivity index (χ4v) is 3.82. The summed E-state index contributed by atoms with van der Waals surface area (Å²) in [6.45, 7) is 10.7. The quantitative estimate of drug-likeness (QED) is 0.855. The van der Waals surface area contributed by atoms with E-state index in [1.807, 2.05) is 0 Å². The summed E-state index contributed by atoms with van der Waals surface area (Å²) in [7, 11) is -0.322. The molecule has 2 fully saturated rings. The van der Waals surface area contributed by atoms with Gasteiger partial charge in [0, 0.05) is 5.92 Å². The van der Waals surface area contributed by atoms with E-state index in [2.05, 4.69) is 57.8 Å². The van der Waals surface area contributed by atoms with Gasteiger partial charge in [0.05, 0.1) is 22.2 Å². The summed E-state index contributed by atoms with van der Waals surface area (Å²) in [6, 6.07) is 6.28. The van der Waals surface area contributed by atoms with Crippen LogP contribution < -0.4 is 5.46 Å². The van der Waals surface area contributed by atoms with Crippen molar-refractivity contribution in [1.82, 2.24) is 9.97 Å². The highest BCUT2D eigenvalue weighted by molar-refractivity contribution is 6.62. The Morgan fingerprint density at radius 1 is 1.12 bits per heavy atom. The van der Waals surface area contributed by atoms with Crippen molar-refractivity contribution in [2.45, 2.75) is 71.0 Å². The van der Waals surface area contributed by atoms with Gasteiger partial charge in [-0.05, 0) is 70.5 Å². The Labute approximate surface area is 144 Å². The van der Waals surface area contributed by atoms with Crippen molar-refractivity contribution in [2.24, 2.45) is 5.92 Å². The number of nitrogens with zero attached hydrogens (tertiary/aromatic N) is 1. The van der Waals surface area contributed by atoms with Crippen LogP contribution >= 0.6 is 0 Å². The van der Waals surface area contributed by atoms with E-state index in [1.54, 1.807) is 0 Å². The summed E-state index contributed by atoms with van der Waals surface area (Å²) < 4.78 is 12.3. The van der Waals surface area contributed by atoms with Gasteiger partial charge in [0.2, 0.25) is 0 Å². The second kappa shape index (κ2) is 5.33. The first-order valence-corrected chi connectivity index (χ1v) is 9.10. The number of aromatic amines is 1. The number of fused-ring (bicyclic) bond motifs is 1. The van der Waals surface area contributed by atoms with Gasteiger partial charge in [0.15, 0.2) is 0 Å². The van der Waals surface area contributed by atoms with Crippen LogP contribution in [0.2, 0.25) is 0 Å². The molecule has 128 valence electrons. The zero-order chi connectivity index (χ0) is 17.1. The van der Waals surface area contributed by atoms with Crippen LogP contribution in [0.1, 0.15) is 65.6 Å². The lowest BCUT2D eigenvalue weighted by atomic mass is 9.79. The molecule has 4 rings (SSSR count). The molecule has 1 aliphatic heterocycles. The average Bonchev–Trinajstić information content (AvgIpc) is 3.15. The third-order valence-electron chi connectivity index (χ3n) is 6.13. The van der Waals surface area contributed by atoms with Crippen molar-refractivity contribution in [3.63, 3.8) is 0 Å². The molecule has 0 radical (unpaired) electrons. The molecule has 1 saturated carbocycles. The molecule has 1 saturated heterocycles. The lowest BCUT2D eigenvalue weighted by Crippen LogP contribution is -2.41. The molecular weight excluding hydrogens is 299 g/mol. The summed E-state index contributed by atoms with van der Waals surface area (Å²) in [5, 5.41) is 0. The van der Waals surface area contributed by atoms with Gasteiger partial charge < -0.3 is 14.3 Å². The first kappa shape index (κ1) is 16.2. The maximum atomic E-state index is 6.16. The van der Waals surface area contributed by atoms with Crippen LogP contribution in [-0.4, -0.2) is 28.3 Å². The second-order valence-electron chi connectivity index (χ2n) is 8.60. The Kier molecular flexibility index (Phi) is 3.59. The normalized spacial score (nSPS) is 28.8. The molecule has 5 heteroatoms. The Hall–Kier alpha value is -1.33. The minimum atomic E-state index is -0.322. The highest BCUT2D eigenvalue weighted by Crippen LogP contribution is 2.38. The number of hydrogen-bond acceptors (Lipinski definition) is 3. The van der Waals surface area contributed by atoms with E-state index < -0.39 is 0 Å². The van der Waals surface area contributed by atoms with E-state index in [0.29, 0.717) is 5.92 Å². The van der Waals surface area contributed by atoms with Crippen LogP contribution in [0.4, 0.5) is 0 Å². The van der Waals surface area contributed by atoms with Crippen molar-refractivity contribution in [3.8, 4) is 0 Å². The van der Waals surface area contributed by atoms with Crippen molar-refractivity contribution >= 4 is 23.6 Å². The van der Waals surface area contributed by atoms with Crippen LogP contribution in [0.3, 0.4) is 0 Å². The zero-order valence-corrected chi connectivity index (χ0v) is 15.3. The molecular formula is C19H27BN2O2. The standard InChI is InChI=1S/C19H27BN2O2/c1-12-6-7-13(10-12)17-21-15-9-8-14(11-16(15)22-17)20-23-18(2,3)19(4,5)24-20/h8-9,11-13H,6-7,10H2,1-5H3,(H,21,22)/t12-,13+/m1/s1. The first-order valence-electron chi connectivity index (χ1n) is 9.10. The van der Waals surface area contributed by atoms with Crippen LogP contribution in [0.25, 0.3) is 11.0 Å². The van der Waals surface area contributed by atoms with Gasteiger partial charge in [-0.1, -0.05) is 13.0 Å². The number of hydrogen-bond donors (Lipinski definition) is 1. The van der Waals surface area contributed by atoms with Gasteiger partial charge >= 0.3 is 7.12 Å². The van der Waals surface area contributed by atoms with Crippen molar-refractivity contribution in [3.05, 3.63) is 24.0 Å².